The van der Waals surface area contributed by atoms with E-state index < -0.39 is 10.1 Å². The zero-order chi connectivity index (χ0) is 18.9. The Hall–Kier alpha value is -2.84. The summed E-state index contributed by atoms with van der Waals surface area (Å²) in [5, 5.41) is 2.29. The highest BCUT2D eigenvalue weighted by Crippen LogP contribution is 2.33. The molecule has 0 aliphatic heterocycles. The number of methoxy groups -OCH3 is 1. The first-order chi connectivity index (χ1) is 12.3. The fourth-order valence-electron chi connectivity index (χ4n) is 2.82. The highest BCUT2D eigenvalue weighted by atomic mass is 32.2. The van der Waals surface area contributed by atoms with Crippen LogP contribution in [0.1, 0.15) is 0 Å². The summed E-state index contributed by atoms with van der Waals surface area (Å²) in [6.45, 7) is 0. The summed E-state index contributed by atoms with van der Waals surface area (Å²) in [5.74, 6) is 0.865. The largest absolute Gasteiger partial charge is 0.497 e. The third-order valence-electron chi connectivity index (χ3n) is 3.88. The molecule has 0 saturated carbocycles. The number of ether oxygens (including phenoxy) is 1. The highest BCUT2D eigenvalue weighted by molar-refractivity contribution is 7.85. The number of fused-ring (bicyclic) bond motifs is 2. The molecule has 0 aliphatic carbocycles. The van der Waals surface area contributed by atoms with E-state index in [1.165, 1.54) is 10.9 Å². The van der Waals surface area contributed by atoms with Crippen LogP contribution in [0.4, 0.5) is 0 Å². The first kappa shape index (κ1) is 18.0. The van der Waals surface area contributed by atoms with Gasteiger partial charge in [-0.2, -0.15) is 8.42 Å². The van der Waals surface area contributed by atoms with Crippen LogP contribution in [-0.2, 0) is 17.2 Å². The molecule has 136 valence electrons. The number of pyridine rings is 1. The van der Waals surface area contributed by atoms with Crippen LogP contribution < -0.4 is 4.74 Å². The normalized spacial score (nSPS) is 11.4. The minimum atomic E-state index is -3.67. The van der Waals surface area contributed by atoms with Crippen LogP contribution >= 0.6 is 0 Å². The Kier molecular flexibility index (Phi) is 4.71. The number of nitrogens with one attached hydrogen (secondary N) is 1. The quantitative estimate of drug-likeness (QED) is 0.526. The Morgan fingerprint density at radius 3 is 2.62 bits per heavy atom. The van der Waals surface area contributed by atoms with Gasteiger partial charge in [-0.05, 0) is 36.4 Å². The number of hydrogen-bond acceptors (Lipinski definition) is 4. The molecule has 3 heterocycles. The molecule has 0 bridgehead atoms. The molecule has 4 rings (SSSR count). The third-order valence-corrected chi connectivity index (χ3v) is 3.88. The lowest BCUT2D eigenvalue weighted by molar-refractivity contribution is 0.415. The van der Waals surface area contributed by atoms with Gasteiger partial charge in [-0.1, -0.05) is 0 Å². The summed E-state index contributed by atoms with van der Waals surface area (Å²) in [6.07, 6.45) is 4.65. The Labute approximate surface area is 151 Å². The Bertz CT molecular complexity index is 1130. The number of H-pyrrole nitrogens is 1. The van der Waals surface area contributed by atoms with Crippen molar-refractivity contribution in [2.45, 2.75) is 0 Å². The van der Waals surface area contributed by atoms with Crippen molar-refractivity contribution < 1.29 is 17.7 Å². The molecule has 0 atom stereocenters. The Morgan fingerprint density at radius 1 is 1.23 bits per heavy atom. The number of benzene rings is 1. The molecule has 0 aliphatic rings. The van der Waals surface area contributed by atoms with Crippen LogP contribution in [0.25, 0.3) is 33.2 Å². The second-order valence-corrected chi connectivity index (χ2v) is 7.36. The van der Waals surface area contributed by atoms with E-state index in [1.54, 1.807) is 13.3 Å². The Morgan fingerprint density at radius 2 is 1.96 bits per heavy atom. The second-order valence-electron chi connectivity index (χ2n) is 5.89. The number of rotatable bonds is 2. The van der Waals surface area contributed by atoms with Crippen LogP contribution in [0, 0.1) is 0 Å². The number of hydrogen-bond donors (Lipinski definition) is 2. The van der Waals surface area contributed by atoms with Crippen LogP contribution in [0.15, 0.2) is 48.8 Å². The van der Waals surface area contributed by atoms with Gasteiger partial charge in [0.2, 0.25) is 0 Å². The van der Waals surface area contributed by atoms with Gasteiger partial charge in [0.15, 0.2) is 0 Å². The number of aromatic amines is 1. The van der Waals surface area contributed by atoms with E-state index in [9.17, 15) is 8.42 Å². The van der Waals surface area contributed by atoms with Crippen molar-refractivity contribution in [2.24, 2.45) is 7.05 Å². The van der Waals surface area contributed by atoms with E-state index in [0.717, 1.165) is 28.0 Å². The van der Waals surface area contributed by atoms with Crippen LogP contribution in [-0.4, -0.2) is 40.9 Å². The van der Waals surface area contributed by atoms with E-state index in [-0.39, 0.29) is 0 Å². The van der Waals surface area contributed by atoms with Gasteiger partial charge >= 0.3 is 0 Å². The molecule has 0 saturated heterocycles. The molecule has 0 spiro atoms. The SMILES string of the molecule is COc1ccc2c(c1)c(-c1cc3cccnc3[nH]1)cn2C.CS(=O)(=O)O. The van der Waals surface area contributed by atoms with Gasteiger partial charge in [-0.3, -0.25) is 4.55 Å². The number of aromatic nitrogens is 3. The molecule has 2 N–H and O–H groups in total. The van der Waals surface area contributed by atoms with Crippen molar-refractivity contribution in [3.8, 4) is 17.0 Å². The minimum absolute atomic E-state index is 0.715. The van der Waals surface area contributed by atoms with E-state index in [1.807, 2.05) is 12.1 Å². The van der Waals surface area contributed by atoms with Crippen molar-refractivity contribution in [3.63, 3.8) is 0 Å². The predicted molar refractivity (Wildman–Crippen MR) is 102 cm³/mol. The second kappa shape index (κ2) is 6.81. The summed E-state index contributed by atoms with van der Waals surface area (Å²) in [5.41, 5.74) is 4.32. The van der Waals surface area contributed by atoms with Gasteiger partial charge in [-0.15, -0.1) is 0 Å². The monoisotopic (exact) mass is 373 g/mol. The Balaban J connectivity index is 0.000000349. The number of nitrogens with zero attached hydrogens (tertiary/aromatic N) is 2. The first-order valence-electron chi connectivity index (χ1n) is 7.76. The lowest BCUT2D eigenvalue weighted by Crippen LogP contribution is -1.88. The molecule has 1 aromatic carbocycles. The maximum Gasteiger partial charge on any atom is 0.261 e. The molecule has 8 heteroatoms. The van der Waals surface area contributed by atoms with Gasteiger partial charge in [-0.25, -0.2) is 4.98 Å². The molecule has 7 nitrogen and oxygen atoms in total. The summed E-state index contributed by atoms with van der Waals surface area (Å²) in [4.78, 5) is 7.75. The van der Waals surface area contributed by atoms with E-state index in [2.05, 4.69) is 52.0 Å². The molecular weight excluding hydrogens is 354 g/mol. The van der Waals surface area contributed by atoms with Crippen molar-refractivity contribution in [1.29, 1.82) is 0 Å². The topological polar surface area (TPSA) is 97.2 Å². The van der Waals surface area contributed by atoms with Crippen molar-refractivity contribution in [2.75, 3.05) is 13.4 Å². The maximum absolute atomic E-state index is 9.19. The van der Waals surface area contributed by atoms with Gasteiger partial charge in [0.05, 0.1) is 13.4 Å². The molecule has 0 amide bonds. The molecule has 0 fully saturated rings. The molecule has 4 aromatic rings. The zero-order valence-electron chi connectivity index (χ0n) is 14.6. The predicted octanol–water partition coefficient (Wildman–Crippen LogP) is 3.23. The van der Waals surface area contributed by atoms with Gasteiger partial charge in [0, 0.05) is 47.0 Å². The molecule has 26 heavy (non-hydrogen) atoms. The lowest BCUT2D eigenvalue weighted by Gasteiger charge is -2.01. The van der Waals surface area contributed by atoms with Gasteiger partial charge in [0.25, 0.3) is 10.1 Å². The summed E-state index contributed by atoms with van der Waals surface area (Å²) < 4.78 is 33.3. The zero-order valence-corrected chi connectivity index (χ0v) is 15.4. The standard InChI is InChI=1S/C17H15N3O.CH4O3S/c1-20-10-14(13-9-12(21-2)5-6-16(13)20)15-8-11-4-3-7-18-17(11)19-15;1-5(2,3)4/h3-10H,1-2H3,(H,18,19);1H3,(H,2,3,4). The molecular formula is C18H19N3O4S. The lowest BCUT2D eigenvalue weighted by atomic mass is 10.1. The average Bonchev–Trinajstić information content (AvgIpc) is 3.14. The van der Waals surface area contributed by atoms with Crippen LogP contribution in [0.2, 0.25) is 0 Å². The fraction of sp³-hybridized carbons (Fsp3) is 0.167. The summed E-state index contributed by atoms with van der Waals surface area (Å²) in [6, 6.07) is 12.3. The van der Waals surface area contributed by atoms with Crippen LogP contribution in [0.5, 0.6) is 5.75 Å². The fourth-order valence-corrected chi connectivity index (χ4v) is 2.82. The molecule has 0 radical (unpaired) electrons. The van der Waals surface area contributed by atoms with E-state index in [4.69, 9.17) is 9.29 Å². The minimum Gasteiger partial charge on any atom is -0.497 e. The van der Waals surface area contributed by atoms with Gasteiger partial charge in [0.1, 0.15) is 11.4 Å². The van der Waals surface area contributed by atoms with Crippen molar-refractivity contribution in [3.05, 3.63) is 48.8 Å². The summed E-state index contributed by atoms with van der Waals surface area (Å²) >= 11 is 0. The van der Waals surface area contributed by atoms with E-state index >= 15 is 0 Å². The van der Waals surface area contributed by atoms with Crippen LogP contribution in [0.3, 0.4) is 0 Å². The highest BCUT2D eigenvalue weighted by Gasteiger charge is 2.12. The molecule has 0 unspecified atom stereocenters. The third kappa shape index (κ3) is 3.87. The maximum atomic E-state index is 9.19. The summed E-state index contributed by atoms with van der Waals surface area (Å²) in [7, 11) is 0.0792. The van der Waals surface area contributed by atoms with Crippen molar-refractivity contribution >= 4 is 32.1 Å². The van der Waals surface area contributed by atoms with E-state index in [0.29, 0.717) is 6.26 Å². The first-order valence-corrected chi connectivity index (χ1v) is 9.61. The smallest absolute Gasteiger partial charge is 0.261 e. The number of aryl methyl sites for hydroxylation is 1. The average molecular weight is 373 g/mol. The molecule has 3 aromatic heterocycles. The van der Waals surface area contributed by atoms with Crippen molar-refractivity contribution in [1.82, 2.24) is 14.5 Å². The van der Waals surface area contributed by atoms with Gasteiger partial charge < -0.3 is 14.3 Å².